The van der Waals surface area contributed by atoms with Crippen molar-refractivity contribution in [3.63, 3.8) is 0 Å². The van der Waals surface area contributed by atoms with Crippen molar-refractivity contribution in [1.82, 2.24) is 0 Å². The van der Waals surface area contributed by atoms with Gasteiger partial charge in [-0.25, -0.2) is 4.39 Å². The zero-order valence-corrected chi connectivity index (χ0v) is 14.6. The van der Waals surface area contributed by atoms with Gasteiger partial charge < -0.3 is 19.8 Å². The van der Waals surface area contributed by atoms with Gasteiger partial charge in [0, 0.05) is 22.5 Å². The summed E-state index contributed by atoms with van der Waals surface area (Å²) in [6, 6.07) is 17.2. The van der Waals surface area contributed by atoms with Gasteiger partial charge in [0.15, 0.2) is 0 Å². The van der Waals surface area contributed by atoms with Crippen LogP contribution in [0.15, 0.2) is 65.1 Å². The molecule has 0 atom stereocenters. The lowest BCUT2D eigenvalue weighted by Gasteiger charge is -2.11. The first-order chi connectivity index (χ1) is 13.1. The van der Waals surface area contributed by atoms with Crippen LogP contribution in [0.5, 0.6) is 5.75 Å². The van der Waals surface area contributed by atoms with Crippen LogP contribution in [-0.2, 0) is 4.79 Å². The molecule has 27 heavy (non-hydrogen) atoms. The summed E-state index contributed by atoms with van der Waals surface area (Å²) < 4.78 is 24.5. The Morgan fingerprint density at radius 3 is 2.70 bits per heavy atom. The first-order valence-electron chi connectivity index (χ1n) is 8.42. The fourth-order valence-corrected chi connectivity index (χ4v) is 3.01. The topological polar surface area (TPSA) is 63.5 Å². The second-order valence-electron chi connectivity index (χ2n) is 6.06. The molecule has 0 aliphatic rings. The molecule has 5 nitrogen and oxygen atoms in total. The van der Waals surface area contributed by atoms with Crippen molar-refractivity contribution in [1.29, 1.82) is 0 Å². The summed E-state index contributed by atoms with van der Waals surface area (Å²) in [5, 5.41) is 7.63. The van der Waals surface area contributed by atoms with E-state index in [1.54, 1.807) is 13.2 Å². The lowest BCUT2D eigenvalue weighted by atomic mass is 10.1. The third-order valence-corrected chi connectivity index (χ3v) is 4.25. The number of ether oxygens (including phenoxy) is 1. The summed E-state index contributed by atoms with van der Waals surface area (Å²) in [6.07, 6.45) is 0. The normalized spacial score (nSPS) is 10.9. The minimum Gasteiger partial charge on any atom is -0.495 e. The highest BCUT2D eigenvalue weighted by Gasteiger charge is 2.13. The van der Waals surface area contributed by atoms with Crippen LogP contribution in [0, 0.1) is 5.82 Å². The molecule has 0 radical (unpaired) electrons. The van der Waals surface area contributed by atoms with Gasteiger partial charge in [0.25, 0.3) is 0 Å². The van der Waals surface area contributed by atoms with Gasteiger partial charge in [0.05, 0.1) is 19.3 Å². The summed E-state index contributed by atoms with van der Waals surface area (Å²) in [4.78, 5) is 12.1. The van der Waals surface area contributed by atoms with Gasteiger partial charge in [-0.05, 0) is 30.3 Å². The summed E-state index contributed by atoms with van der Waals surface area (Å²) in [5.41, 5.74) is 2.53. The molecule has 6 heteroatoms. The van der Waals surface area contributed by atoms with Crippen molar-refractivity contribution in [3.05, 3.63) is 66.5 Å². The van der Waals surface area contributed by atoms with Crippen LogP contribution in [0.1, 0.15) is 0 Å². The smallest absolute Gasteiger partial charge is 0.243 e. The largest absolute Gasteiger partial charge is 0.495 e. The van der Waals surface area contributed by atoms with Crippen LogP contribution in [0.3, 0.4) is 0 Å². The van der Waals surface area contributed by atoms with Crippen molar-refractivity contribution in [2.75, 3.05) is 24.3 Å². The van der Waals surface area contributed by atoms with E-state index < -0.39 is 5.82 Å². The van der Waals surface area contributed by atoms with E-state index in [1.807, 2.05) is 36.4 Å². The second-order valence-corrected chi connectivity index (χ2v) is 6.06. The Morgan fingerprint density at radius 2 is 1.89 bits per heavy atom. The molecule has 1 amide bonds. The van der Waals surface area contributed by atoms with Gasteiger partial charge in [-0.3, -0.25) is 4.79 Å². The van der Waals surface area contributed by atoms with Crippen molar-refractivity contribution < 1.29 is 18.3 Å². The third kappa shape index (κ3) is 3.42. The number of hydrogen-bond acceptors (Lipinski definition) is 4. The maximum Gasteiger partial charge on any atom is 0.243 e. The number of nitrogens with one attached hydrogen (secondary N) is 2. The lowest BCUT2D eigenvalue weighted by Crippen LogP contribution is -2.22. The molecule has 0 bridgehead atoms. The van der Waals surface area contributed by atoms with E-state index in [0.717, 1.165) is 16.4 Å². The molecule has 1 aromatic heterocycles. The Kier molecular flexibility index (Phi) is 4.38. The summed E-state index contributed by atoms with van der Waals surface area (Å²) in [6.45, 7) is -0.00138. The maximum absolute atomic E-state index is 13.2. The quantitative estimate of drug-likeness (QED) is 0.535. The SMILES string of the molecule is COc1cc2c(cc1NCC(=O)Nc1cccc(F)c1)oc1ccccc12. The highest BCUT2D eigenvalue weighted by Crippen LogP contribution is 2.36. The number of amides is 1. The summed E-state index contributed by atoms with van der Waals surface area (Å²) >= 11 is 0. The van der Waals surface area contributed by atoms with Crippen LogP contribution >= 0.6 is 0 Å². The number of benzene rings is 3. The Hall–Kier alpha value is -3.54. The fourth-order valence-electron chi connectivity index (χ4n) is 3.01. The number of rotatable bonds is 5. The molecule has 2 N–H and O–H groups in total. The molecule has 1 heterocycles. The minimum atomic E-state index is -0.405. The van der Waals surface area contributed by atoms with Gasteiger partial charge in [-0.2, -0.15) is 0 Å². The van der Waals surface area contributed by atoms with E-state index in [0.29, 0.717) is 22.7 Å². The molecule has 0 saturated heterocycles. The van der Waals surface area contributed by atoms with Gasteiger partial charge in [-0.15, -0.1) is 0 Å². The number of carbonyl (C=O) groups is 1. The van der Waals surface area contributed by atoms with E-state index in [2.05, 4.69) is 10.6 Å². The Balaban J connectivity index is 1.55. The standard InChI is InChI=1S/C21H17FN2O3/c1-26-20-10-16-15-7-2-3-8-18(15)27-19(16)11-17(20)23-12-21(25)24-14-6-4-5-13(22)9-14/h2-11,23H,12H2,1H3,(H,24,25). The molecule has 3 aromatic carbocycles. The van der Waals surface area contributed by atoms with Crippen molar-refractivity contribution in [2.24, 2.45) is 0 Å². The number of carbonyl (C=O) groups excluding carboxylic acids is 1. The molecule has 0 aliphatic carbocycles. The van der Waals surface area contributed by atoms with Crippen LogP contribution in [0.4, 0.5) is 15.8 Å². The number of halogens is 1. The highest BCUT2D eigenvalue weighted by molar-refractivity contribution is 6.06. The number of para-hydroxylation sites is 1. The predicted octanol–water partition coefficient (Wildman–Crippen LogP) is 4.78. The molecule has 136 valence electrons. The molecular formula is C21H17FN2O3. The minimum absolute atomic E-state index is 0.00138. The molecule has 0 saturated carbocycles. The van der Waals surface area contributed by atoms with Crippen molar-refractivity contribution >= 4 is 39.2 Å². The van der Waals surface area contributed by atoms with Crippen molar-refractivity contribution in [3.8, 4) is 5.75 Å². The zero-order chi connectivity index (χ0) is 18.8. The molecule has 4 rings (SSSR count). The number of hydrogen-bond donors (Lipinski definition) is 2. The third-order valence-electron chi connectivity index (χ3n) is 4.25. The van der Waals surface area contributed by atoms with Crippen LogP contribution in [0.2, 0.25) is 0 Å². The van der Waals surface area contributed by atoms with E-state index in [-0.39, 0.29) is 12.5 Å². The summed E-state index contributed by atoms with van der Waals surface area (Å²) in [7, 11) is 1.57. The monoisotopic (exact) mass is 364 g/mol. The van der Waals surface area contributed by atoms with E-state index in [4.69, 9.17) is 9.15 Å². The molecule has 4 aromatic rings. The number of anilines is 2. The maximum atomic E-state index is 13.2. The molecular weight excluding hydrogens is 347 g/mol. The van der Waals surface area contributed by atoms with Crippen LogP contribution in [-0.4, -0.2) is 19.6 Å². The Bertz CT molecular complexity index is 1140. The average Bonchev–Trinajstić information content (AvgIpc) is 3.03. The summed E-state index contributed by atoms with van der Waals surface area (Å²) in [5.74, 6) is -0.0993. The van der Waals surface area contributed by atoms with E-state index in [1.165, 1.54) is 18.2 Å². The van der Waals surface area contributed by atoms with Gasteiger partial charge in [0.1, 0.15) is 22.7 Å². The molecule has 0 aliphatic heterocycles. The number of fused-ring (bicyclic) bond motifs is 3. The van der Waals surface area contributed by atoms with E-state index >= 15 is 0 Å². The van der Waals surface area contributed by atoms with Crippen molar-refractivity contribution in [2.45, 2.75) is 0 Å². The van der Waals surface area contributed by atoms with Crippen LogP contribution in [0.25, 0.3) is 21.9 Å². The van der Waals surface area contributed by atoms with Gasteiger partial charge >= 0.3 is 0 Å². The van der Waals surface area contributed by atoms with Gasteiger partial charge in [-0.1, -0.05) is 24.3 Å². The number of furan rings is 1. The Labute approximate surface area is 154 Å². The highest BCUT2D eigenvalue weighted by atomic mass is 19.1. The second kappa shape index (κ2) is 6.99. The first kappa shape index (κ1) is 16.9. The zero-order valence-electron chi connectivity index (χ0n) is 14.6. The first-order valence-corrected chi connectivity index (χ1v) is 8.42. The molecule has 0 fully saturated rings. The predicted molar refractivity (Wildman–Crippen MR) is 104 cm³/mol. The molecule has 0 spiro atoms. The Morgan fingerprint density at radius 1 is 1.04 bits per heavy atom. The van der Waals surface area contributed by atoms with Crippen LogP contribution < -0.4 is 15.4 Å². The lowest BCUT2D eigenvalue weighted by molar-refractivity contribution is -0.114. The molecule has 0 unspecified atom stereocenters. The average molecular weight is 364 g/mol. The number of methoxy groups -OCH3 is 1. The van der Waals surface area contributed by atoms with Gasteiger partial charge in [0.2, 0.25) is 5.91 Å². The fraction of sp³-hybridized carbons (Fsp3) is 0.0952. The van der Waals surface area contributed by atoms with E-state index in [9.17, 15) is 9.18 Å².